The maximum atomic E-state index is 12.4. The molecule has 0 saturated carbocycles. The molecule has 0 amide bonds. The molecular formula is C19H15N3O. The number of aromatic nitrogens is 3. The van der Waals surface area contributed by atoms with Crippen molar-refractivity contribution in [3.63, 3.8) is 0 Å². The van der Waals surface area contributed by atoms with Gasteiger partial charge in [0, 0.05) is 24.1 Å². The summed E-state index contributed by atoms with van der Waals surface area (Å²) in [5.41, 5.74) is 2.85. The first-order chi connectivity index (χ1) is 11.2. The van der Waals surface area contributed by atoms with Crippen molar-refractivity contribution in [1.29, 1.82) is 0 Å². The van der Waals surface area contributed by atoms with Gasteiger partial charge in [0.2, 0.25) is 0 Å². The Morgan fingerprint density at radius 2 is 1.74 bits per heavy atom. The summed E-state index contributed by atoms with van der Waals surface area (Å²) in [6.07, 6.45) is 5.82. The van der Waals surface area contributed by atoms with E-state index in [2.05, 4.69) is 16.0 Å². The highest BCUT2D eigenvalue weighted by atomic mass is 16.1. The second-order valence-electron chi connectivity index (χ2n) is 5.47. The minimum atomic E-state index is -0.0332. The third-order valence-corrected chi connectivity index (χ3v) is 4.05. The van der Waals surface area contributed by atoms with Gasteiger partial charge < -0.3 is 4.98 Å². The molecule has 0 unspecified atom stereocenters. The van der Waals surface area contributed by atoms with E-state index in [0.717, 1.165) is 16.5 Å². The normalized spacial score (nSPS) is 11.7. The van der Waals surface area contributed by atoms with Gasteiger partial charge in [0.15, 0.2) is 0 Å². The Hall–Kier alpha value is -3.14. The molecule has 4 rings (SSSR count). The summed E-state index contributed by atoms with van der Waals surface area (Å²) in [7, 11) is 1.75. The summed E-state index contributed by atoms with van der Waals surface area (Å²) < 4.78 is 1.58. The highest BCUT2D eigenvalue weighted by Gasteiger charge is 2.05. The SMILES string of the molecule is Cn1c(C=Cc2c[nH]c3ccccc23)nc2ccccc2c1=O. The molecule has 23 heavy (non-hydrogen) atoms. The fourth-order valence-corrected chi connectivity index (χ4v) is 2.78. The monoisotopic (exact) mass is 301 g/mol. The average Bonchev–Trinajstić information content (AvgIpc) is 3.00. The van der Waals surface area contributed by atoms with Crippen LogP contribution in [0.15, 0.2) is 59.5 Å². The minimum Gasteiger partial charge on any atom is -0.361 e. The Bertz CT molecular complexity index is 1100. The molecule has 4 heteroatoms. The average molecular weight is 301 g/mol. The van der Waals surface area contributed by atoms with Crippen LogP contribution >= 0.6 is 0 Å². The Balaban J connectivity index is 1.84. The van der Waals surface area contributed by atoms with Gasteiger partial charge in [-0.15, -0.1) is 0 Å². The lowest BCUT2D eigenvalue weighted by molar-refractivity contribution is 0.828. The van der Waals surface area contributed by atoms with Crippen LogP contribution in [-0.2, 0) is 7.05 Å². The Labute approximate surface area is 132 Å². The third-order valence-electron chi connectivity index (χ3n) is 4.05. The Morgan fingerprint density at radius 3 is 2.61 bits per heavy atom. The van der Waals surface area contributed by atoms with E-state index in [1.807, 2.05) is 54.7 Å². The van der Waals surface area contributed by atoms with Gasteiger partial charge in [0.05, 0.1) is 10.9 Å². The van der Waals surface area contributed by atoms with Crippen molar-refractivity contribution in [3.8, 4) is 0 Å². The molecule has 2 heterocycles. The van der Waals surface area contributed by atoms with Crippen molar-refractivity contribution in [1.82, 2.24) is 14.5 Å². The lowest BCUT2D eigenvalue weighted by Crippen LogP contribution is -2.20. The molecule has 4 aromatic rings. The molecule has 0 aliphatic rings. The summed E-state index contributed by atoms with van der Waals surface area (Å²) in [4.78, 5) is 20.2. The van der Waals surface area contributed by atoms with Crippen molar-refractivity contribution >= 4 is 34.0 Å². The molecule has 1 N–H and O–H groups in total. The van der Waals surface area contributed by atoms with Crippen LogP contribution in [0.1, 0.15) is 11.4 Å². The molecule has 0 saturated heterocycles. The molecule has 4 nitrogen and oxygen atoms in total. The van der Waals surface area contributed by atoms with Crippen molar-refractivity contribution < 1.29 is 0 Å². The number of aromatic amines is 1. The van der Waals surface area contributed by atoms with Crippen LogP contribution in [0, 0.1) is 0 Å². The molecule has 0 atom stereocenters. The highest BCUT2D eigenvalue weighted by Crippen LogP contribution is 2.19. The zero-order chi connectivity index (χ0) is 15.8. The van der Waals surface area contributed by atoms with Gasteiger partial charge in [-0.3, -0.25) is 9.36 Å². The number of rotatable bonds is 2. The maximum absolute atomic E-state index is 12.4. The largest absolute Gasteiger partial charge is 0.361 e. The van der Waals surface area contributed by atoms with Crippen molar-refractivity contribution in [2.75, 3.05) is 0 Å². The second kappa shape index (κ2) is 5.25. The van der Waals surface area contributed by atoms with Gasteiger partial charge in [-0.2, -0.15) is 0 Å². The van der Waals surface area contributed by atoms with Crippen LogP contribution in [0.4, 0.5) is 0 Å². The van der Waals surface area contributed by atoms with Crippen LogP contribution in [0.2, 0.25) is 0 Å². The molecule has 2 aromatic carbocycles. The lowest BCUT2D eigenvalue weighted by atomic mass is 10.1. The molecule has 0 radical (unpaired) electrons. The van der Waals surface area contributed by atoms with Crippen LogP contribution in [0.25, 0.3) is 34.0 Å². The summed E-state index contributed by atoms with van der Waals surface area (Å²) in [5, 5.41) is 1.79. The van der Waals surface area contributed by atoms with Gasteiger partial charge in [0.25, 0.3) is 5.56 Å². The predicted molar refractivity (Wildman–Crippen MR) is 94.2 cm³/mol. The number of nitrogens with one attached hydrogen (secondary N) is 1. The van der Waals surface area contributed by atoms with Gasteiger partial charge in [-0.1, -0.05) is 30.3 Å². The quantitative estimate of drug-likeness (QED) is 0.615. The number of nitrogens with zero attached hydrogens (tertiary/aromatic N) is 2. The first kappa shape index (κ1) is 13.5. The smallest absolute Gasteiger partial charge is 0.261 e. The number of hydrogen-bond donors (Lipinski definition) is 1. The zero-order valence-corrected chi connectivity index (χ0v) is 12.7. The number of benzene rings is 2. The van der Waals surface area contributed by atoms with E-state index in [1.54, 1.807) is 17.7 Å². The molecule has 112 valence electrons. The van der Waals surface area contributed by atoms with Crippen LogP contribution < -0.4 is 5.56 Å². The number of H-pyrrole nitrogens is 1. The molecule has 2 aromatic heterocycles. The first-order valence-corrected chi connectivity index (χ1v) is 7.44. The van der Waals surface area contributed by atoms with Crippen LogP contribution in [-0.4, -0.2) is 14.5 Å². The highest BCUT2D eigenvalue weighted by molar-refractivity contribution is 5.91. The van der Waals surface area contributed by atoms with E-state index in [0.29, 0.717) is 16.7 Å². The molecule has 0 fully saturated rings. The predicted octanol–water partition coefficient (Wildman–Crippen LogP) is 3.59. The number of para-hydroxylation sites is 2. The molecule has 0 spiro atoms. The second-order valence-corrected chi connectivity index (χ2v) is 5.47. The lowest BCUT2D eigenvalue weighted by Gasteiger charge is -2.05. The molecule has 0 aliphatic heterocycles. The summed E-state index contributed by atoms with van der Waals surface area (Å²) in [6, 6.07) is 15.5. The molecule has 0 aliphatic carbocycles. The Kier molecular flexibility index (Phi) is 3.08. The maximum Gasteiger partial charge on any atom is 0.261 e. The van der Waals surface area contributed by atoms with E-state index >= 15 is 0 Å². The topological polar surface area (TPSA) is 50.7 Å². The van der Waals surface area contributed by atoms with Crippen molar-refractivity contribution in [2.24, 2.45) is 7.05 Å². The minimum absolute atomic E-state index is 0.0332. The fraction of sp³-hybridized carbons (Fsp3) is 0.0526. The first-order valence-electron chi connectivity index (χ1n) is 7.44. The van der Waals surface area contributed by atoms with E-state index in [4.69, 9.17) is 0 Å². The van der Waals surface area contributed by atoms with Crippen LogP contribution in [0.3, 0.4) is 0 Å². The molecular weight excluding hydrogens is 286 g/mol. The van der Waals surface area contributed by atoms with E-state index in [-0.39, 0.29) is 5.56 Å². The number of hydrogen-bond acceptors (Lipinski definition) is 2. The van der Waals surface area contributed by atoms with E-state index < -0.39 is 0 Å². The van der Waals surface area contributed by atoms with Crippen molar-refractivity contribution in [3.05, 3.63) is 76.5 Å². The zero-order valence-electron chi connectivity index (χ0n) is 12.7. The summed E-state index contributed by atoms with van der Waals surface area (Å²) >= 11 is 0. The van der Waals surface area contributed by atoms with Crippen LogP contribution in [0.5, 0.6) is 0 Å². The number of fused-ring (bicyclic) bond motifs is 2. The van der Waals surface area contributed by atoms with Gasteiger partial charge in [0.1, 0.15) is 5.82 Å². The van der Waals surface area contributed by atoms with Gasteiger partial charge >= 0.3 is 0 Å². The van der Waals surface area contributed by atoms with Gasteiger partial charge in [-0.05, 0) is 35.9 Å². The van der Waals surface area contributed by atoms with E-state index in [1.165, 1.54) is 0 Å². The summed E-state index contributed by atoms with van der Waals surface area (Å²) in [5.74, 6) is 0.638. The fourth-order valence-electron chi connectivity index (χ4n) is 2.78. The standard InChI is InChI=1S/C19H15N3O/c1-22-18(21-17-9-5-3-7-15(17)19(22)23)11-10-13-12-20-16-8-4-2-6-14(13)16/h2-12,20H,1H3. The van der Waals surface area contributed by atoms with E-state index in [9.17, 15) is 4.79 Å². The Morgan fingerprint density at radius 1 is 1.00 bits per heavy atom. The van der Waals surface area contributed by atoms with Crippen molar-refractivity contribution in [2.45, 2.75) is 0 Å². The summed E-state index contributed by atoms with van der Waals surface area (Å²) in [6.45, 7) is 0. The molecule has 0 bridgehead atoms. The van der Waals surface area contributed by atoms with Gasteiger partial charge in [-0.25, -0.2) is 4.98 Å². The third kappa shape index (κ3) is 2.25.